The van der Waals surface area contributed by atoms with Gasteiger partial charge < -0.3 is 33.3 Å². The zero-order chi connectivity index (χ0) is 64.7. The topological polar surface area (TPSA) is 111 Å². The van der Waals surface area contributed by atoms with E-state index in [1.54, 1.807) is 0 Å². The van der Waals surface area contributed by atoms with Crippen LogP contribution in [0.15, 0.2) is 48.6 Å². The van der Waals surface area contributed by atoms with Gasteiger partial charge in [0.1, 0.15) is 13.2 Å². The first-order valence-corrected chi connectivity index (χ1v) is 38.8. The van der Waals surface area contributed by atoms with Gasteiger partial charge in [-0.05, 0) is 51.4 Å². The van der Waals surface area contributed by atoms with Gasteiger partial charge in [0.05, 0.1) is 40.3 Å². The lowest BCUT2D eigenvalue weighted by Crippen LogP contribution is -2.44. The number of allylic oxidation sites excluding steroid dienone is 8. The molecule has 0 rings (SSSR count). The number of nitrogens with zero attached hydrogens (tertiary/aromatic N) is 1. The Hall–Kier alpha value is -2.75. The van der Waals surface area contributed by atoms with E-state index >= 15 is 0 Å². The Morgan fingerprint density at radius 1 is 0.348 bits per heavy atom. The van der Waals surface area contributed by atoms with E-state index in [2.05, 4.69) is 62.5 Å². The molecule has 0 saturated carbocycles. The highest BCUT2D eigenvalue weighted by molar-refractivity contribution is 5.70. The second-order valence-corrected chi connectivity index (χ2v) is 27.6. The van der Waals surface area contributed by atoms with Crippen molar-refractivity contribution < 1.29 is 42.9 Å². The van der Waals surface area contributed by atoms with Gasteiger partial charge in [-0.25, -0.2) is 0 Å². The molecule has 0 bridgehead atoms. The molecule has 2 unspecified atom stereocenters. The molecule has 0 aliphatic carbocycles. The van der Waals surface area contributed by atoms with Crippen molar-refractivity contribution in [1.29, 1.82) is 0 Å². The number of carbonyl (C=O) groups is 3. The number of likely N-dealkylation sites (N-methyl/N-ethyl adjacent to an activating group) is 1. The molecule has 0 saturated heterocycles. The molecule has 0 aromatic rings. The number of carbonyl (C=O) groups excluding carboxylic acids is 3. The molecule has 0 heterocycles. The van der Waals surface area contributed by atoms with Gasteiger partial charge in [0.15, 0.2) is 12.4 Å². The quantitative estimate of drug-likeness (QED) is 0.0195. The van der Waals surface area contributed by atoms with Crippen LogP contribution in [0.2, 0.25) is 0 Å². The summed E-state index contributed by atoms with van der Waals surface area (Å²) in [6.07, 6.45) is 89.6. The number of hydrogen-bond acceptors (Lipinski definition) is 8. The third-order valence-electron chi connectivity index (χ3n) is 17.6. The number of quaternary nitrogens is 1. The standard InChI is InChI=1S/C80H149NO8/c1-6-8-10-12-14-16-18-20-22-24-26-28-30-32-33-34-35-36-37-38-39-40-41-42-43-44-45-47-48-50-52-54-56-58-60-62-64-66-68-70-77(82)87-74-76(75-88-80(79(84)85)86-73-72-81(3,4)5)89-78(83)71-69-67-65-63-61-59-57-55-53-51-49-46-31-29-27-25-23-21-19-17-15-13-11-9-7-2/h9,11,15,17,21,23,27,29,76,80H,6-8,10,12-14,16,18-20,22,24-26,28,30-75H2,1-5H3/b11-9-,17-15-,23-21-,29-27-. The van der Waals surface area contributed by atoms with Gasteiger partial charge >= 0.3 is 11.9 Å². The zero-order valence-electron chi connectivity index (χ0n) is 59.8. The van der Waals surface area contributed by atoms with Crippen molar-refractivity contribution in [3.8, 4) is 0 Å². The van der Waals surface area contributed by atoms with Crippen molar-refractivity contribution >= 4 is 17.9 Å². The van der Waals surface area contributed by atoms with Crippen LogP contribution in [0.4, 0.5) is 0 Å². The molecule has 2 atom stereocenters. The van der Waals surface area contributed by atoms with Gasteiger partial charge in [-0.1, -0.05) is 371 Å². The maximum Gasteiger partial charge on any atom is 0.306 e. The summed E-state index contributed by atoms with van der Waals surface area (Å²) in [6, 6.07) is 0. The van der Waals surface area contributed by atoms with E-state index < -0.39 is 24.3 Å². The van der Waals surface area contributed by atoms with Crippen molar-refractivity contribution in [2.75, 3.05) is 47.5 Å². The molecule has 0 amide bonds. The molecular formula is C80H149NO8. The lowest BCUT2D eigenvalue weighted by molar-refractivity contribution is -0.870. The molecular weight excluding hydrogens is 1100 g/mol. The summed E-state index contributed by atoms with van der Waals surface area (Å²) in [5, 5.41) is 11.8. The first kappa shape index (κ1) is 86.2. The maximum atomic E-state index is 12.9. The van der Waals surface area contributed by atoms with Gasteiger partial charge in [0, 0.05) is 12.8 Å². The van der Waals surface area contributed by atoms with Gasteiger partial charge in [-0.2, -0.15) is 0 Å². The number of esters is 2. The predicted molar refractivity (Wildman–Crippen MR) is 380 cm³/mol. The van der Waals surface area contributed by atoms with Crippen molar-refractivity contribution in [3.05, 3.63) is 48.6 Å². The Kier molecular flexibility index (Phi) is 68.9. The van der Waals surface area contributed by atoms with Crippen molar-refractivity contribution in [1.82, 2.24) is 0 Å². The highest BCUT2D eigenvalue weighted by Crippen LogP contribution is 2.20. The molecule has 0 aromatic carbocycles. The minimum atomic E-state index is -1.62. The van der Waals surface area contributed by atoms with E-state index in [-0.39, 0.29) is 32.2 Å². The maximum absolute atomic E-state index is 12.9. The summed E-state index contributed by atoms with van der Waals surface area (Å²) < 4.78 is 22.8. The Morgan fingerprint density at radius 2 is 0.640 bits per heavy atom. The monoisotopic (exact) mass is 1250 g/mol. The van der Waals surface area contributed by atoms with Crippen LogP contribution in [0.25, 0.3) is 0 Å². The van der Waals surface area contributed by atoms with Crippen LogP contribution in [0.5, 0.6) is 0 Å². The summed E-state index contributed by atoms with van der Waals surface area (Å²) >= 11 is 0. The Balaban J connectivity index is 3.94. The van der Waals surface area contributed by atoms with E-state index in [0.29, 0.717) is 23.9 Å². The van der Waals surface area contributed by atoms with E-state index in [0.717, 1.165) is 64.2 Å². The average Bonchev–Trinajstić information content (AvgIpc) is 3.64. The van der Waals surface area contributed by atoms with Crippen LogP contribution in [0, 0.1) is 0 Å². The molecule has 9 nitrogen and oxygen atoms in total. The smallest absolute Gasteiger partial charge is 0.306 e. The Bertz CT molecular complexity index is 1600. The van der Waals surface area contributed by atoms with E-state index in [9.17, 15) is 19.5 Å². The van der Waals surface area contributed by atoms with Crippen molar-refractivity contribution in [3.63, 3.8) is 0 Å². The number of carboxylic acids is 1. The fourth-order valence-electron chi connectivity index (χ4n) is 11.7. The first-order chi connectivity index (χ1) is 43.6. The summed E-state index contributed by atoms with van der Waals surface area (Å²) in [7, 11) is 5.94. The number of unbranched alkanes of at least 4 members (excludes halogenated alkanes) is 50. The zero-order valence-corrected chi connectivity index (χ0v) is 59.8. The summed E-state index contributed by atoms with van der Waals surface area (Å²) in [4.78, 5) is 37.5. The number of rotatable bonds is 73. The van der Waals surface area contributed by atoms with Gasteiger partial charge in [0.25, 0.3) is 0 Å². The molecule has 89 heavy (non-hydrogen) atoms. The molecule has 522 valence electrons. The van der Waals surface area contributed by atoms with Crippen molar-refractivity contribution in [2.24, 2.45) is 0 Å². The highest BCUT2D eigenvalue weighted by Gasteiger charge is 2.22. The second kappa shape index (κ2) is 71.1. The molecule has 0 N–H and O–H groups in total. The molecule has 0 fully saturated rings. The van der Waals surface area contributed by atoms with E-state index in [4.69, 9.17) is 18.9 Å². The van der Waals surface area contributed by atoms with E-state index in [1.807, 2.05) is 21.1 Å². The molecule has 0 spiro atoms. The van der Waals surface area contributed by atoms with Crippen LogP contribution in [-0.4, -0.2) is 82.3 Å². The first-order valence-electron chi connectivity index (χ1n) is 38.8. The largest absolute Gasteiger partial charge is 0.545 e. The van der Waals surface area contributed by atoms with Crippen LogP contribution in [0.3, 0.4) is 0 Å². The third kappa shape index (κ3) is 72.5. The number of carboxylic acid groups (broad SMARTS) is 1. The third-order valence-corrected chi connectivity index (χ3v) is 17.6. The van der Waals surface area contributed by atoms with Crippen LogP contribution in [-0.2, 0) is 33.3 Å². The van der Waals surface area contributed by atoms with Crippen LogP contribution < -0.4 is 5.11 Å². The predicted octanol–water partition coefficient (Wildman–Crippen LogP) is 23.1. The molecule has 9 heteroatoms. The Morgan fingerprint density at radius 3 is 0.955 bits per heavy atom. The van der Waals surface area contributed by atoms with Gasteiger partial charge in [0.2, 0.25) is 0 Å². The van der Waals surface area contributed by atoms with Crippen molar-refractivity contribution in [2.45, 2.75) is 399 Å². The average molecular weight is 1250 g/mol. The SMILES string of the molecule is CC/C=C\C/C=C\C/C=C\C/C=C\CCCCCCCCCCCCCCC(=O)OC(COC(=O)CCCCCCCCCCCCCCCCCCCCCCCCCCCCCCCCCCCCCCCCC)COC(OCC[N+](C)(C)C)C(=O)[O-]. The lowest BCUT2D eigenvalue weighted by atomic mass is 10.0. The lowest BCUT2D eigenvalue weighted by Gasteiger charge is -2.26. The second-order valence-electron chi connectivity index (χ2n) is 27.6. The normalized spacial score (nSPS) is 12.9. The fraction of sp³-hybridized carbons (Fsp3) is 0.863. The number of aliphatic carboxylic acids is 1. The minimum Gasteiger partial charge on any atom is -0.545 e. The molecule has 0 aliphatic rings. The Labute approximate surface area is 553 Å². The summed E-state index contributed by atoms with van der Waals surface area (Å²) in [5.74, 6) is -2.26. The van der Waals surface area contributed by atoms with Gasteiger partial charge in [-0.15, -0.1) is 0 Å². The summed E-state index contributed by atoms with van der Waals surface area (Å²) in [5.41, 5.74) is 0. The molecule has 0 radical (unpaired) electrons. The molecule has 0 aliphatic heterocycles. The highest BCUT2D eigenvalue weighted by atomic mass is 16.7. The minimum absolute atomic E-state index is 0.148. The fourth-order valence-corrected chi connectivity index (χ4v) is 11.7. The number of hydrogen-bond donors (Lipinski definition) is 0. The van der Waals surface area contributed by atoms with E-state index in [1.165, 1.54) is 289 Å². The summed E-state index contributed by atoms with van der Waals surface area (Å²) in [6.45, 7) is 4.70. The van der Waals surface area contributed by atoms with Crippen LogP contribution in [0.1, 0.15) is 386 Å². The van der Waals surface area contributed by atoms with Crippen LogP contribution >= 0.6 is 0 Å². The van der Waals surface area contributed by atoms with Gasteiger partial charge in [-0.3, -0.25) is 9.59 Å². The number of ether oxygens (including phenoxy) is 4. The molecule has 0 aromatic heterocycles.